The molecule has 0 aromatic carbocycles. The number of nitrogens with zero attached hydrogens (tertiary/aromatic N) is 1. The van der Waals surface area contributed by atoms with Gasteiger partial charge in [-0.3, -0.25) is 9.69 Å². The first kappa shape index (κ1) is 16.1. The molecule has 1 aliphatic carbocycles. The molecule has 1 amide bonds. The van der Waals surface area contributed by atoms with Crippen LogP contribution in [0.3, 0.4) is 0 Å². The highest BCUT2D eigenvalue weighted by Gasteiger charge is 2.28. The number of hydrogen-bond acceptors (Lipinski definition) is 4. The maximum absolute atomic E-state index is 12.0. The molecule has 0 radical (unpaired) electrons. The van der Waals surface area contributed by atoms with Gasteiger partial charge in [0, 0.05) is 24.4 Å². The summed E-state index contributed by atoms with van der Waals surface area (Å²) in [6, 6.07) is 0.576. The van der Waals surface area contributed by atoms with Gasteiger partial charge in [0.25, 0.3) is 0 Å². The Morgan fingerprint density at radius 2 is 2.25 bits per heavy atom. The van der Waals surface area contributed by atoms with E-state index in [2.05, 4.69) is 35.9 Å². The van der Waals surface area contributed by atoms with Gasteiger partial charge in [-0.2, -0.15) is 11.8 Å². The average molecular weight is 300 g/mol. The van der Waals surface area contributed by atoms with Crippen LogP contribution in [0.5, 0.6) is 0 Å². The second-order valence-electron chi connectivity index (χ2n) is 5.90. The molecule has 2 fully saturated rings. The maximum Gasteiger partial charge on any atom is 0.234 e. The predicted molar refractivity (Wildman–Crippen MR) is 84.2 cm³/mol. The van der Waals surface area contributed by atoms with Gasteiger partial charge in [-0.25, -0.2) is 0 Å². The van der Waals surface area contributed by atoms with Crippen molar-refractivity contribution in [2.45, 2.75) is 56.4 Å². The van der Waals surface area contributed by atoms with Crippen LogP contribution in [-0.4, -0.2) is 60.7 Å². The van der Waals surface area contributed by atoms with Gasteiger partial charge in [0.1, 0.15) is 0 Å². The molecule has 4 nitrogen and oxygen atoms in total. The first-order valence-corrected chi connectivity index (χ1v) is 8.94. The molecule has 3 atom stereocenters. The predicted octanol–water partition coefficient (Wildman–Crippen LogP) is 1.89. The van der Waals surface area contributed by atoms with Crippen molar-refractivity contribution < 1.29 is 9.53 Å². The molecular weight excluding hydrogens is 272 g/mol. The lowest BCUT2D eigenvalue weighted by molar-refractivity contribution is -0.122. The fourth-order valence-electron chi connectivity index (χ4n) is 3.15. The van der Waals surface area contributed by atoms with Crippen LogP contribution in [-0.2, 0) is 9.53 Å². The molecule has 0 spiro atoms. The Bertz CT molecular complexity index is 308. The number of nitrogens with one attached hydrogen (secondary N) is 1. The van der Waals surface area contributed by atoms with E-state index in [-0.39, 0.29) is 12.0 Å². The Labute approximate surface area is 127 Å². The minimum atomic E-state index is 0.134. The highest BCUT2D eigenvalue weighted by Crippen LogP contribution is 2.31. The van der Waals surface area contributed by atoms with Gasteiger partial charge in [0.15, 0.2) is 0 Å². The van der Waals surface area contributed by atoms with E-state index in [1.807, 2.05) is 0 Å². The summed E-state index contributed by atoms with van der Waals surface area (Å²) in [7, 11) is 2.08. The van der Waals surface area contributed by atoms with Gasteiger partial charge in [-0.1, -0.05) is 6.92 Å². The zero-order valence-electron chi connectivity index (χ0n) is 12.8. The zero-order chi connectivity index (χ0) is 14.4. The Morgan fingerprint density at radius 1 is 1.40 bits per heavy atom. The van der Waals surface area contributed by atoms with Crippen molar-refractivity contribution in [2.24, 2.45) is 0 Å². The number of likely N-dealkylation sites (N-methyl/N-ethyl adjacent to an activating group) is 1. The first-order chi connectivity index (χ1) is 9.69. The fraction of sp³-hybridized carbons (Fsp3) is 0.933. The van der Waals surface area contributed by atoms with E-state index in [0.717, 1.165) is 24.7 Å². The third-order valence-electron chi connectivity index (χ3n) is 4.33. The molecule has 1 aliphatic heterocycles. The van der Waals surface area contributed by atoms with Crippen molar-refractivity contribution in [1.29, 1.82) is 0 Å². The number of hydrogen-bond donors (Lipinski definition) is 1. The first-order valence-electron chi connectivity index (χ1n) is 7.89. The van der Waals surface area contributed by atoms with Crippen LogP contribution in [0, 0.1) is 0 Å². The lowest BCUT2D eigenvalue weighted by Gasteiger charge is -2.24. The molecule has 1 saturated carbocycles. The van der Waals surface area contributed by atoms with E-state index in [1.54, 1.807) is 0 Å². The topological polar surface area (TPSA) is 41.6 Å². The molecule has 116 valence electrons. The van der Waals surface area contributed by atoms with E-state index in [0.29, 0.717) is 19.1 Å². The summed E-state index contributed by atoms with van der Waals surface area (Å²) < 4.78 is 5.52. The molecule has 1 saturated heterocycles. The molecule has 1 heterocycles. The minimum Gasteiger partial charge on any atom is -0.376 e. The van der Waals surface area contributed by atoms with E-state index in [9.17, 15) is 4.79 Å². The number of thioether (sulfide) groups is 1. The van der Waals surface area contributed by atoms with Crippen LogP contribution in [0.4, 0.5) is 0 Å². The van der Waals surface area contributed by atoms with Gasteiger partial charge >= 0.3 is 0 Å². The summed E-state index contributed by atoms with van der Waals surface area (Å²) in [4.78, 5) is 14.2. The third-order valence-corrected chi connectivity index (χ3v) is 5.56. The van der Waals surface area contributed by atoms with Crippen molar-refractivity contribution in [1.82, 2.24) is 10.2 Å². The molecule has 0 unspecified atom stereocenters. The van der Waals surface area contributed by atoms with Gasteiger partial charge < -0.3 is 10.1 Å². The molecule has 2 aliphatic rings. The summed E-state index contributed by atoms with van der Waals surface area (Å²) in [5.74, 6) is 1.33. The zero-order valence-corrected chi connectivity index (χ0v) is 13.6. The largest absolute Gasteiger partial charge is 0.376 e. The standard InChI is InChI=1S/C15H28N2O2S/c1-3-20-14-7-6-12(9-14)17(2)11-15(18)16-10-13-5-4-8-19-13/h12-14H,3-11H2,1-2H3,(H,16,18)/t12-,13+,14-/m1/s1. The van der Waals surface area contributed by atoms with Crippen LogP contribution in [0.25, 0.3) is 0 Å². The van der Waals surface area contributed by atoms with Gasteiger partial charge in [0.05, 0.1) is 12.6 Å². The Morgan fingerprint density at radius 3 is 2.95 bits per heavy atom. The smallest absolute Gasteiger partial charge is 0.234 e. The summed E-state index contributed by atoms with van der Waals surface area (Å²) in [6.45, 7) is 4.26. The van der Waals surface area contributed by atoms with Gasteiger partial charge in [-0.15, -0.1) is 0 Å². The van der Waals surface area contributed by atoms with E-state index < -0.39 is 0 Å². The van der Waals surface area contributed by atoms with Crippen molar-refractivity contribution in [3.63, 3.8) is 0 Å². The number of rotatable bonds is 7. The Balaban J connectivity index is 1.63. The van der Waals surface area contributed by atoms with E-state index in [1.165, 1.54) is 25.0 Å². The molecule has 5 heteroatoms. The van der Waals surface area contributed by atoms with Crippen molar-refractivity contribution in [3.05, 3.63) is 0 Å². The molecule has 0 aromatic heterocycles. The highest BCUT2D eigenvalue weighted by molar-refractivity contribution is 7.99. The summed E-state index contributed by atoms with van der Waals surface area (Å²) in [5, 5.41) is 3.80. The Kier molecular flexibility index (Phi) is 6.65. The van der Waals surface area contributed by atoms with Crippen LogP contribution in [0.2, 0.25) is 0 Å². The highest BCUT2D eigenvalue weighted by atomic mass is 32.2. The lowest BCUT2D eigenvalue weighted by Crippen LogP contribution is -2.41. The summed E-state index contributed by atoms with van der Waals surface area (Å²) in [5.41, 5.74) is 0. The summed E-state index contributed by atoms with van der Waals surface area (Å²) >= 11 is 2.06. The van der Waals surface area contributed by atoms with Crippen LogP contribution in [0.15, 0.2) is 0 Å². The molecule has 1 N–H and O–H groups in total. The summed E-state index contributed by atoms with van der Waals surface area (Å²) in [6.07, 6.45) is 6.20. The molecule has 0 bridgehead atoms. The van der Waals surface area contributed by atoms with Crippen LogP contribution < -0.4 is 5.32 Å². The van der Waals surface area contributed by atoms with Crippen LogP contribution in [0.1, 0.15) is 39.0 Å². The maximum atomic E-state index is 12.0. The average Bonchev–Trinajstić information content (AvgIpc) is 3.08. The van der Waals surface area contributed by atoms with Crippen molar-refractivity contribution in [3.8, 4) is 0 Å². The minimum absolute atomic E-state index is 0.134. The van der Waals surface area contributed by atoms with E-state index in [4.69, 9.17) is 4.74 Å². The van der Waals surface area contributed by atoms with E-state index >= 15 is 0 Å². The number of amides is 1. The second-order valence-corrected chi connectivity index (χ2v) is 7.48. The normalized spacial score (nSPS) is 30.1. The monoisotopic (exact) mass is 300 g/mol. The van der Waals surface area contributed by atoms with Crippen LogP contribution >= 0.6 is 11.8 Å². The molecule has 20 heavy (non-hydrogen) atoms. The third kappa shape index (κ3) is 4.93. The van der Waals surface area contributed by atoms with Crippen molar-refractivity contribution in [2.75, 3.05) is 32.5 Å². The fourth-order valence-corrected chi connectivity index (χ4v) is 4.28. The molecule has 2 rings (SSSR count). The SMILES string of the molecule is CCS[C@@H]1CC[C@@H](N(C)CC(=O)NC[C@@H]2CCCO2)C1. The number of carbonyl (C=O) groups is 1. The quantitative estimate of drug-likeness (QED) is 0.779. The van der Waals surface area contributed by atoms with Gasteiger partial charge in [0.2, 0.25) is 5.91 Å². The Hall–Kier alpha value is -0.260. The second kappa shape index (κ2) is 8.25. The van der Waals surface area contributed by atoms with Crippen molar-refractivity contribution >= 4 is 17.7 Å². The van der Waals surface area contributed by atoms with Gasteiger partial charge in [-0.05, 0) is 44.9 Å². The molecule has 0 aromatic rings. The number of carbonyl (C=O) groups excluding carboxylic acids is 1. The lowest BCUT2D eigenvalue weighted by atomic mass is 10.2. The number of ether oxygens (including phenoxy) is 1. The molecular formula is C15H28N2O2S.